The number of rotatable bonds is 4. The third-order valence-corrected chi connectivity index (χ3v) is 3.10. The van der Waals surface area contributed by atoms with E-state index in [1.165, 1.54) is 4.68 Å². The van der Waals surface area contributed by atoms with Crippen LogP contribution in [0.25, 0.3) is 5.57 Å². The van der Waals surface area contributed by atoms with Gasteiger partial charge in [-0.15, -0.1) is 0 Å². The molecular weight excluding hydrogens is 286 g/mol. The van der Waals surface area contributed by atoms with Gasteiger partial charge < -0.3 is 5.32 Å². The Morgan fingerprint density at radius 2 is 2.19 bits per heavy atom. The summed E-state index contributed by atoms with van der Waals surface area (Å²) in [6, 6.07) is 3.36. The van der Waals surface area contributed by atoms with E-state index in [1.54, 1.807) is 25.3 Å². The lowest BCUT2D eigenvalue weighted by molar-refractivity contribution is 0.261. The highest BCUT2D eigenvalue weighted by Crippen LogP contribution is 2.08. The Kier molecular flexibility index (Phi) is 6.61. The van der Waals surface area contributed by atoms with Crippen molar-refractivity contribution in [1.29, 1.82) is 10.8 Å². The first kappa shape index (κ1) is 16.9. The molecule has 0 aliphatic rings. The highest BCUT2D eigenvalue weighted by atomic mass is 32.2. The predicted octanol–water partition coefficient (Wildman–Crippen LogP) is 2.24. The first-order chi connectivity index (χ1) is 9.95. The van der Waals surface area contributed by atoms with Crippen LogP contribution in [0.3, 0.4) is 0 Å². The van der Waals surface area contributed by atoms with Crippen LogP contribution in [-0.4, -0.2) is 33.7 Å². The Morgan fingerprint density at radius 1 is 1.48 bits per heavy atom. The highest BCUT2D eigenvalue weighted by molar-refractivity contribution is 8.12. The van der Waals surface area contributed by atoms with Crippen molar-refractivity contribution in [3.8, 4) is 0 Å². The summed E-state index contributed by atoms with van der Waals surface area (Å²) in [6.07, 6.45) is 7.28. The van der Waals surface area contributed by atoms with E-state index in [4.69, 9.17) is 10.8 Å². The van der Waals surface area contributed by atoms with Crippen molar-refractivity contribution in [2.45, 2.75) is 13.8 Å². The van der Waals surface area contributed by atoms with Crippen molar-refractivity contribution < 1.29 is 4.79 Å². The number of thioether (sulfide) groups is 1. The number of nitrogens with one attached hydrogen (secondary N) is 3. The summed E-state index contributed by atoms with van der Waals surface area (Å²) in [6.45, 7) is 3.96. The number of hydrogen-bond acceptors (Lipinski definition) is 5. The summed E-state index contributed by atoms with van der Waals surface area (Å²) in [7, 11) is 0. The molecule has 0 radical (unpaired) electrons. The van der Waals surface area contributed by atoms with Gasteiger partial charge in [-0.25, -0.2) is 4.68 Å². The van der Waals surface area contributed by atoms with Gasteiger partial charge in [0.2, 0.25) is 0 Å². The second kappa shape index (κ2) is 8.21. The van der Waals surface area contributed by atoms with Gasteiger partial charge in [-0.3, -0.25) is 15.6 Å². The summed E-state index contributed by atoms with van der Waals surface area (Å²) in [5, 5.41) is 22.1. The molecule has 0 aromatic carbocycles. The van der Waals surface area contributed by atoms with Gasteiger partial charge in [0.25, 0.3) is 5.24 Å². The molecule has 0 atom stereocenters. The Hall–Kier alpha value is -2.15. The molecule has 1 aromatic rings. The Bertz CT molecular complexity index is 645. The van der Waals surface area contributed by atoms with Gasteiger partial charge in [-0.1, -0.05) is 30.0 Å². The minimum absolute atomic E-state index is 0.0597. The highest BCUT2D eigenvalue weighted by Gasteiger charge is 2.01. The molecule has 1 heterocycles. The van der Waals surface area contributed by atoms with Crippen molar-refractivity contribution in [3.05, 3.63) is 41.5 Å². The molecule has 1 aromatic heterocycles. The van der Waals surface area contributed by atoms with Crippen LogP contribution in [-0.2, 0) is 0 Å². The molecule has 0 saturated heterocycles. The average Bonchev–Trinajstić information content (AvgIpc) is 2.46. The van der Waals surface area contributed by atoms with Gasteiger partial charge in [-0.2, -0.15) is 5.10 Å². The minimum atomic E-state index is -0.0597. The summed E-state index contributed by atoms with van der Waals surface area (Å²) in [5.74, 6) is 0.199. The van der Waals surface area contributed by atoms with E-state index in [0.29, 0.717) is 12.2 Å². The lowest BCUT2D eigenvalue weighted by Crippen LogP contribution is -2.27. The van der Waals surface area contributed by atoms with E-state index in [-0.39, 0.29) is 16.6 Å². The van der Waals surface area contributed by atoms with Gasteiger partial charge >= 0.3 is 0 Å². The van der Waals surface area contributed by atoms with E-state index in [2.05, 4.69) is 10.4 Å². The van der Waals surface area contributed by atoms with Crippen LogP contribution in [0.5, 0.6) is 0 Å². The summed E-state index contributed by atoms with van der Waals surface area (Å²) >= 11 is 1.14. The van der Waals surface area contributed by atoms with Crippen LogP contribution in [0.15, 0.2) is 30.4 Å². The van der Waals surface area contributed by atoms with Gasteiger partial charge in [0, 0.05) is 6.54 Å². The fourth-order valence-electron chi connectivity index (χ4n) is 1.47. The smallest absolute Gasteiger partial charge is 0.279 e. The van der Waals surface area contributed by atoms with Crippen molar-refractivity contribution >= 4 is 28.4 Å². The molecule has 0 bridgehead atoms. The molecule has 0 saturated carbocycles. The molecule has 112 valence electrons. The van der Waals surface area contributed by atoms with Gasteiger partial charge in [-0.05, 0) is 37.8 Å². The lowest BCUT2D eigenvalue weighted by Gasteiger charge is -2.06. The number of allylic oxidation sites excluding steroid dienone is 3. The fraction of sp³-hybridized carbons (Fsp3) is 0.286. The fourth-order valence-corrected chi connectivity index (χ4v) is 1.70. The van der Waals surface area contributed by atoms with E-state index >= 15 is 0 Å². The van der Waals surface area contributed by atoms with Crippen LogP contribution in [0, 0.1) is 10.8 Å². The van der Waals surface area contributed by atoms with Crippen LogP contribution < -0.4 is 10.8 Å². The maximum atomic E-state index is 11.0. The molecule has 0 unspecified atom stereocenters. The van der Waals surface area contributed by atoms with E-state index in [1.807, 2.05) is 25.2 Å². The maximum absolute atomic E-state index is 11.0. The molecular formula is C14H19N5OS. The number of hydrogen-bond donors (Lipinski definition) is 3. The summed E-state index contributed by atoms with van der Waals surface area (Å²) in [5.41, 5.74) is 1.79. The van der Waals surface area contributed by atoms with Crippen LogP contribution in [0.2, 0.25) is 0 Å². The monoisotopic (exact) mass is 305 g/mol. The molecule has 0 spiro atoms. The molecule has 7 heteroatoms. The number of carbonyl (C=O) groups is 1. The SMILES string of the molecule is CSC(=O)NC/C=C\C=C(/C)c1ccc(=N)n(C(C)=N)n1. The summed E-state index contributed by atoms with van der Waals surface area (Å²) < 4.78 is 1.27. The second-order valence-corrected chi connectivity index (χ2v) is 5.03. The zero-order chi connectivity index (χ0) is 15.8. The van der Waals surface area contributed by atoms with Crippen molar-refractivity contribution in [3.63, 3.8) is 0 Å². The van der Waals surface area contributed by atoms with E-state index in [9.17, 15) is 4.79 Å². The largest absolute Gasteiger partial charge is 0.344 e. The second-order valence-electron chi connectivity index (χ2n) is 4.25. The van der Waals surface area contributed by atoms with E-state index in [0.717, 1.165) is 17.3 Å². The van der Waals surface area contributed by atoms with Crippen molar-refractivity contribution in [2.24, 2.45) is 0 Å². The molecule has 1 rings (SSSR count). The number of nitrogens with zero attached hydrogens (tertiary/aromatic N) is 2. The topological polar surface area (TPSA) is 94.6 Å². The average molecular weight is 305 g/mol. The number of aromatic nitrogens is 2. The zero-order valence-electron chi connectivity index (χ0n) is 12.3. The minimum Gasteiger partial charge on any atom is -0.344 e. The van der Waals surface area contributed by atoms with Gasteiger partial charge in [0.1, 0.15) is 11.3 Å². The predicted molar refractivity (Wildman–Crippen MR) is 86.6 cm³/mol. The van der Waals surface area contributed by atoms with Crippen LogP contribution in [0.1, 0.15) is 19.5 Å². The summed E-state index contributed by atoms with van der Waals surface area (Å²) in [4.78, 5) is 11.0. The number of amides is 1. The molecule has 0 aliphatic heterocycles. The zero-order valence-corrected chi connectivity index (χ0v) is 13.1. The third kappa shape index (κ3) is 5.39. The first-order valence-electron chi connectivity index (χ1n) is 6.32. The number of carbonyl (C=O) groups excluding carboxylic acids is 1. The van der Waals surface area contributed by atoms with Gasteiger partial charge in [0.15, 0.2) is 0 Å². The van der Waals surface area contributed by atoms with Crippen LogP contribution >= 0.6 is 11.8 Å². The van der Waals surface area contributed by atoms with Gasteiger partial charge in [0.05, 0.1) is 5.69 Å². The third-order valence-electron chi connectivity index (χ3n) is 2.59. The normalized spacial score (nSPS) is 11.7. The maximum Gasteiger partial charge on any atom is 0.279 e. The first-order valence-corrected chi connectivity index (χ1v) is 7.54. The van der Waals surface area contributed by atoms with Crippen molar-refractivity contribution in [1.82, 2.24) is 15.1 Å². The molecule has 0 fully saturated rings. The van der Waals surface area contributed by atoms with Crippen LogP contribution in [0.4, 0.5) is 4.79 Å². The Labute approximate surface area is 128 Å². The molecule has 3 N–H and O–H groups in total. The Balaban J connectivity index is 2.77. The molecule has 21 heavy (non-hydrogen) atoms. The molecule has 6 nitrogen and oxygen atoms in total. The van der Waals surface area contributed by atoms with E-state index < -0.39 is 0 Å². The van der Waals surface area contributed by atoms with Crippen molar-refractivity contribution in [2.75, 3.05) is 12.8 Å². The lowest BCUT2D eigenvalue weighted by atomic mass is 10.2. The standard InChI is InChI=1S/C14H19N5OS/c1-10(6-4-5-9-17-14(20)21-3)12-7-8-13(16)19(18-12)11(2)15/h4-8,15-16H,9H2,1-3H3,(H,17,20)/b5-4-,10-6+,15-11?,16-13?. The molecule has 0 aliphatic carbocycles. The quantitative estimate of drug-likeness (QED) is 0.452. The Morgan fingerprint density at radius 3 is 2.81 bits per heavy atom. The molecule has 1 amide bonds.